The van der Waals surface area contributed by atoms with Crippen molar-refractivity contribution >= 4 is 45.3 Å². The van der Waals surface area contributed by atoms with Gasteiger partial charge in [-0.3, -0.25) is 9.59 Å². The van der Waals surface area contributed by atoms with Crippen molar-refractivity contribution in [1.82, 2.24) is 10.0 Å². The fourth-order valence-electron chi connectivity index (χ4n) is 2.54. The van der Waals surface area contributed by atoms with Crippen LogP contribution in [0.5, 0.6) is 5.75 Å². The second-order valence-electron chi connectivity index (χ2n) is 6.66. The maximum atomic E-state index is 14.2. The summed E-state index contributed by atoms with van der Waals surface area (Å²) in [6, 6.07) is 7.85. The molecule has 0 heterocycles. The number of sulfonamides is 1. The second kappa shape index (κ2) is 13.5. The van der Waals surface area contributed by atoms with E-state index in [4.69, 9.17) is 16.3 Å². The summed E-state index contributed by atoms with van der Waals surface area (Å²) in [5.41, 5.74) is 0.319. The quantitative estimate of drug-likeness (QED) is 0.299. The summed E-state index contributed by atoms with van der Waals surface area (Å²) >= 11 is 7.02. The van der Waals surface area contributed by atoms with E-state index in [1.165, 1.54) is 36.0 Å². The van der Waals surface area contributed by atoms with E-state index in [1.807, 2.05) is 0 Å². The van der Waals surface area contributed by atoms with E-state index < -0.39 is 45.9 Å². The van der Waals surface area contributed by atoms with Gasteiger partial charge in [0.25, 0.3) is 5.91 Å². The molecule has 0 aliphatic carbocycles. The molecule has 0 saturated carbocycles. The summed E-state index contributed by atoms with van der Waals surface area (Å²) < 4.78 is 64.8. The predicted molar refractivity (Wildman–Crippen MR) is 124 cm³/mol. The van der Waals surface area contributed by atoms with Gasteiger partial charge >= 0.3 is 5.97 Å². The lowest BCUT2D eigenvalue weighted by molar-refractivity contribution is -0.143. The zero-order valence-corrected chi connectivity index (χ0v) is 20.5. The molecule has 0 unspecified atom stereocenters. The first-order valence-corrected chi connectivity index (χ1v) is 13.0. The monoisotopic (exact) mass is 536 g/mol. The molecular formula is C21H23ClF2N2O6S2. The molecule has 0 fully saturated rings. The highest BCUT2D eigenvalue weighted by Gasteiger charge is 2.16. The van der Waals surface area contributed by atoms with Crippen molar-refractivity contribution in [2.24, 2.45) is 0 Å². The minimum Gasteiger partial charge on any atom is -0.478 e. The fraction of sp³-hybridized carbons (Fsp3) is 0.333. The van der Waals surface area contributed by atoms with Crippen molar-refractivity contribution < 1.29 is 36.3 Å². The van der Waals surface area contributed by atoms with Gasteiger partial charge in [0.05, 0.1) is 11.5 Å². The van der Waals surface area contributed by atoms with Gasteiger partial charge in [-0.2, -0.15) is 11.8 Å². The summed E-state index contributed by atoms with van der Waals surface area (Å²) in [5.74, 6) is -3.50. The van der Waals surface area contributed by atoms with Crippen LogP contribution in [0.2, 0.25) is 5.02 Å². The molecular weight excluding hydrogens is 514 g/mol. The Balaban J connectivity index is 1.78. The van der Waals surface area contributed by atoms with Crippen molar-refractivity contribution in [2.75, 3.05) is 32.1 Å². The Hall–Kier alpha value is -2.41. The topological polar surface area (TPSA) is 111 Å². The van der Waals surface area contributed by atoms with E-state index in [2.05, 4.69) is 14.8 Å². The number of hydrogen-bond acceptors (Lipinski definition) is 7. The number of hydrogen-bond donors (Lipinski definition) is 2. The first-order chi connectivity index (χ1) is 16.1. The molecule has 186 valence electrons. The maximum absolute atomic E-state index is 14.2. The Labute approximate surface area is 205 Å². The van der Waals surface area contributed by atoms with Crippen molar-refractivity contribution in [3.05, 3.63) is 58.6 Å². The Kier molecular flexibility index (Phi) is 11.0. The van der Waals surface area contributed by atoms with E-state index in [0.29, 0.717) is 16.3 Å². The summed E-state index contributed by atoms with van der Waals surface area (Å²) in [6.45, 7) is 0.816. The van der Waals surface area contributed by atoms with Gasteiger partial charge < -0.3 is 14.8 Å². The summed E-state index contributed by atoms with van der Waals surface area (Å²) in [6.07, 6.45) is 0. The minimum absolute atomic E-state index is 0.0798. The first-order valence-electron chi connectivity index (χ1n) is 9.98. The smallest absolute Gasteiger partial charge is 0.325 e. The normalized spacial score (nSPS) is 11.2. The number of nitrogens with one attached hydrogen (secondary N) is 2. The molecule has 0 bridgehead atoms. The summed E-state index contributed by atoms with van der Waals surface area (Å²) in [5, 5.41) is 2.63. The molecule has 0 spiro atoms. The second-order valence-corrected chi connectivity index (χ2v) is 9.97. The van der Waals surface area contributed by atoms with Crippen LogP contribution in [0, 0.1) is 11.6 Å². The number of benzene rings is 2. The molecule has 2 rings (SSSR count). The average Bonchev–Trinajstić information content (AvgIpc) is 2.77. The van der Waals surface area contributed by atoms with Crippen LogP contribution in [-0.4, -0.2) is 52.4 Å². The number of rotatable bonds is 13. The van der Waals surface area contributed by atoms with Gasteiger partial charge in [0, 0.05) is 23.1 Å². The minimum atomic E-state index is -3.68. The third kappa shape index (κ3) is 9.09. The van der Waals surface area contributed by atoms with E-state index in [-0.39, 0.29) is 30.3 Å². The average molecular weight is 537 g/mol. The van der Waals surface area contributed by atoms with Gasteiger partial charge in [0.1, 0.15) is 6.54 Å². The zero-order valence-electron chi connectivity index (χ0n) is 18.1. The molecule has 0 atom stereocenters. The fourth-order valence-corrected chi connectivity index (χ4v) is 4.62. The number of halogens is 3. The number of carbonyl (C=O) groups is 2. The van der Waals surface area contributed by atoms with Crippen LogP contribution in [0.15, 0.2) is 41.3 Å². The molecule has 13 heteroatoms. The molecule has 1 amide bonds. The number of ether oxygens (including phenoxy) is 2. The van der Waals surface area contributed by atoms with Gasteiger partial charge in [0.2, 0.25) is 10.0 Å². The summed E-state index contributed by atoms with van der Waals surface area (Å²) in [4.78, 5) is 22.9. The molecule has 8 nitrogen and oxygen atoms in total. The molecule has 0 saturated heterocycles. The highest BCUT2D eigenvalue weighted by molar-refractivity contribution is 7.98. The largest absolute Gasteiger partial charge is 0.478 e. The van der Waals surface area contributed by atoms with Gasteiger partial charge in [-0.1, -0.05) is 11.6 Å². The van der Waals surface area contributed by atoms with E-state index in [1.54, 1.807) is 6.92 Å². The first kappa shape index (κ1) is 27.8. The Bertz CT molecular complexity index is 1080. The van der Waals surface area contributed by atoms with Crippen LogP contribution in [0.4, 0.5) is 8.78 Å². The van der Waals surface area contributed by atoms with Gasteiger partial charge in [-0.25, -0.2) is 21.9 Å². The van der Waals surface area contributed by atoms with Gasteiger partial charge in [-0.15, -0.1) is 0 Å². The molecule has 34 heavy (non-hydrogen) atoms. The van der Waals surface area contributed by atoms with Crippen LogP contribution < -0.4 is 14.8 Å². The molecule has 2 aromatic rings. The predicted octanol–water partition coefficient (Wildman–Crippen LogP) is 2.89. The van der Waals surface area contributed by atoms with Crippen LogP contribution >= 0.6 is 23.4 Å². The zero-order chi connectivity index (χ0) is 25.1. The van der Waals surface area contributed by atoms with E-state index >= 15 is 0 Å². The van der Waals surface area contributed by atoms with Crippen LogP contribution in [-0.2, 0) is 30.1 Å². The van der Waals surface area contributed by atoms with Crippen molar-refractivity contribution in [2.45, 2.75) is 17.6 Å². The van der Waals surface area contributed by atoms with Crippen molar-refractivity contribution in [3.63, 3.8) is 0 Å². The van der Waals surface area contributed by atoms with Gasteiger partial charge in [-0.05, 0) is 48.9 Å². The van der Waals surface area contributed by atoms with Crippen LogP contribution in [0.1, 0.15) is 12.5 Å². The lowest BCUT2D eigenvalue weighted by Gasteiger charge is -2.11. The molecule has 2 N–H and O–H groups in total. The van der Waals surface area contributed by atoms with E-state index in [0.717, 1.165) is 12.1 Å². The Morgan fingerprint density at radius 1 is 1.12 bits per heavy atom. The van der Waals surface area contributed by atoms with Gasteiger partial charge in [0.15, 0.2) is 24.0 Å². The highest BCUT2D eigenvalue weighted by Crippen LogP contribution is 2.25. The maximum Gasteiger partial charge on any atom is 0.325 e. The number of amides is 1. The van der Waals surface area contributed by atoms with Crippen LogP contribution in [0.25, 0.3) is 0 Å². The molecule has 2 aromatic carbocycles. The number of carbonyl (C=O) groups excluding carboxylic acids is 2. The third-order valence-corrected chi connectivity index (χ3v) is 6.83. The van der Waals surface area contributed by atoms with Crippen molar-refractivity contribution in [1.29, 1.82) is 0 Å². The lowest BCUT2D eigenvalue weighted by atomic mass is 10.2. The SMILES string of the molecule is CCOC(=O)CNC(=O)COc1c(F)cc(CSCCNS(=O)(=O)c2ccc(Cl)cc2)cc1F. The summed E-state index contributed by atoms with van der Waals surface area (Å²) in [7, 11) is -3.68. The third-order valence-electron chi connectivity index (χ3n) is 4.07. The Morgan fingerprint density at radius 2 is 1.76 bits per heavy atom. The number of thioether (sulfide) groups is 1. The lowest BCUT2D eigenvalue weighted by Crippen LogP contribution is -2.34. The molecule has 0 aromatic heterocycles. The van der Waals surface area contributed by atoms with Crippen LogP contribution in [0.3, 0.4) is 0 Å². The standard InChI is InChI=1S/C21H23ClF2N2O6S2/c1-2-31-20(28)11-25-19(27)12-32-21-17(23)9-14(10-18(21)24)13-33-8-7-26-34(29,30)16-5-3-15(22)4-6-16/h3-6,9-10,26H,2,7-8,11-13H2,1H3,(H,25,27). The number of esters is 1. The highest BCUT2D eigenvalue weighted by atomic mass is 35.5. The molecule has 0 radical (unpaired) electrons. The molecule has 0 aliphatic heterocycles. The molecule has 0 aliphatic rings. The van der Waals surface area contributed by atoms with Crippen molar-refractivity contribution in [3.8, 4) is 5.75 Å². The van der Waals surface area contributed by atoms with E-state index in [9.17, 15) is 26.8 Å². The Morgan fingerprint density at radius 3 is 2.38 bits per heavy atom.